The molecule has 1 amide bonds. The molecule has 0 bridgehead atoms. The normalized spacial score (nSPS) is 10.3. The molecule has 0 atom stereocenters. The van der Waals surface area contributed by atoms with Crippen LogP contribution < -0.4 is 14.8 Å². The summed E-state index contributed by atoms with van der Waals surface area (Å²) in [4.78, 5) is 11.8. The fourth-order valence-corrected chi connectivity index (χ4v) is 2.21. The topological polar surface area (TPSA) is 47.6 Å². The van der Waals surface area contributed by atoms with Crippen LogP contribution in [0.5, 0.6) is 11.5 Å². The molecule has 22 heavy (non-hydrogen) atoms. The van der Waals surface area contributed by atoms with Gasteiger partial charge in [0.1, 0.15) is 0 Å². The molecule has 0 aliphatic heterocycles. The van der Waals surface area contributed by atoms with E-state index in [9.17, 15) is 4.79 Å². The Kier molecular flexibility index (Phi) is 9.12. The average molecular weight is 306 g/mol. The number of methoxy groups -OCH3 is 1. The Morgan fingerprint density at radius 1 is 1.14 bits per heavy atom. The van der Waals surface area contributed by atoms with E-state index >= 15 is 0 Å². The number of nitrogens with one attached hydrogen (secondary N) is 1. The standard InChI is InChI=1S/C18H28NO3/c1-4-6-7-8-9-10-13-22-16-12-11-15(14-17(16)21-3)18(20)19-5-2/h11-12,14H,2,4-10,13H2,1,3H3,(H,19,20). The molecular formula is C18H28NO3. The van der Waals surface area contributed by atoms with Crippen molar-refractivity contribution in [2.75, 3.05) is 20.3 Å². The zero-order valence-corrected chi connectivity index (χ0v) is 13.8. The first-order chi connectivity index (χ1) is 10.7. The van der Waals surface area contributed by atoms with E-state index < -0.39 is 0 Å². The molecule has 1 N–H and O–H groups in total. The van der Waals surface area contributed by atoms with Gasteiger partial charge in [0.05, 0.1) is 13.7 Å². The van der Waals surface area contributed by atoms with E-state index in [-0.39, 0.29) is 5.91 Å². The SMILES string of the molecule is [CH2]CNC(=O)c1ccc(OCCCCCCCC)c(OC)c1. The second-order valence-corrected chi connectivity index (χ2v) is 5.24. The summed E-state index contributed by atoms with van der Waals surface area (Å²) in [6.07, 6.45) is 7.37. The van der Waals surface area contributed by atoms with Gasteiger partial charge in [-0.2, -0.15) is 0 Å². The fraction of sp³-hybridized carbons (Fsp3) is 0.556. The maximum atomic E-state index is 11.8. The van der Waals surface area contributed by atoms with Gasteiger partial charge in [-0.25, -0.2) is 0 Å². The summed E-state index contributed by atoms with van der Waals surface area (Å²) in [5.74, 6) is 1.11. The van der Waals surface area contributed by atoms with Crippen molar-refractivity contribution in [1.29, 1.82) is 0 Å². The molecule has 123 valence electrons. The van der Waals surface area contributed by atoms with E-state index in [4.69, 9.17) is 9.47 Å². The molecule has 0 spiro atoms. The summed E-state index contributed by atoms with van der Waals surface area (Å²) in [6, 6.07) is 5.22. The van der Waals surface area contributed by atoms with Gasteiger partial charge in [0.15, 0.2) is 11.5 Å². The number of carbonyl (C=O) groups is 1. The Morgan fingerprint density at radius 3 is 2.55 bits per heavy atom. The maximum absolute atomic E-state index is 11.8. The van der Waals surface area contributed by atoms with E-state index in [1.807, 2.05) is 0 Å². The number of unbranched alkanes of at least 4 members (excludes halogenated alkanes) is 5. The van der Waals surface area contributed by atoms with Crippen LogP contribution in [0.4, 0.5) is 0 Å². The van der Waals surface area contributed by atoms with Gasteiger partial charge in [0, 0.05) is 12.1 Å². The molecule has 1 rings (SSSR count). The van der Waals surface area contributed by atoms with Crippen molar-refractivity contribution in [3.05, 3.63) is 30.7 Å². The minimum Gasteiger partial charge on any atom is -0.493 e. The molecule has 0 aliphatic rings. The Hall–Kier alpha value is -1.71. The van der Waals surface area contributed by atoms with Crippen molar-refractivity contribution >= 4 is 5.91 Å². The molecule has 0 aliphatic carbocycles. The average Bonchev–Trinajstić information content (AvgIpc) is 2.54. The van der Waals surface area contributed by atoms with E-state index in [0.717, 1.165) is 6.42 Å². The molecule has 0 saturated heterocycles. The van der Waals surface area contributed by atoms with Crippen LogP contribution in [0.3, 0.4) is 0 Å². The first-order valence-corrected chi connectivity index (χ1v) is 8.11. The van der Waals surface area contributed by atoms with Crippen LogP contribution in [0.2, 0.25) is 0 Å². The summed E-state index contributed by atoms with van der Waals surface area (Å²) in [5.41, 5.74) is 0.549. The van der Waals surface area contributed by atoms with Crippen molar-refractivity contribution in [3.63, 3.8) is 0 Å². The fourth-order valence-electron chi connectivity index (χ4n) is 2.21. The van der Waals surface area contributed by atoms with Crippen LogP contribution in [0.1, 0.15) is 55.8 Å². The zero-order valence-electron chi connectivity index (χ0n) is 13.8. The van der Waals surface area contributed by atoms with E-state index in [2.05, 4.69) is 19.2 Å². The van der Waals surface area contributed by atoms with Crippen LogP contribution >= 0.6 is 0 Å². The minimum absolute atomic E-state index is 0.157. The molecule has 0 fully saturated rings. The van der Waals surface area contributed by atoms with Crippen molar-refractivity contribution in [1.82, 2.24) is 5.32 Å². The third kappa shape index (κ3) is 6.37. The first kappa shape index (κ1) is 18.3. The molecular weight excluding hydrogens is 278 g/mol. The van der Waals surface area contributed by atoms with Crippen LogP contribution in [0.25, 0.3) is 0 Å². The number of hydrogen-bond acceptors (Lipinski definition) is 3. The summed E-state index contributed by atoms with van der Waals surface area (Å²) in [6.45, 7) is 6.85. The molecule has 1 radical (unpaired) electrons. The smallest absolute Gasteiger partial charge is 0.251 e. The van der Waals surface area contributed by atoms with Gasteiger partial charge in [-0.05, 0) is 31.5 Å². The lowest BCUT2D eigenvalue weighted by atomic mass is 10.1. The van der Waals surface area contributed by atoms with Crippen molar-refractivity contribution < 1.29 is 14.3 Å². The first-order valence-electron chi connectivity index (χ1n) is 8.11. The molecule has 0 heterocycles. The maximum Gasteiger partial charge on any atom is 0.251 e. The molecule has 1 aromatic rings. The molecule has 0 saturated carbocycles. The Labute approximate surface area is 134 Å². The highest BCUT2D eigenvalue weighted by Crippen LogP contribution is 2.28. The molecule has 4 nitrogen and oxygen atoms in total. The molecule has 1 aromatic carbocycles. The quantitative estimate of drug-likeness (QED) is 0.629. The lowest BCUT2D eigenvalue weighted by Crippen LogP contribution is -2.22. The highest BCUT2D eigenvalue weighted by atomic mass is 16.5. The van der Waals surface area contributed by atoms with E-state index in [0.29, 0.717) is 30.2 Å². The van der Waals surface area contributed by atoms with Gasteiger partial charge in [0.25, 0.3) is 5.91 Å². The van der Waals surface area contributed by atoms with Crippen LogP contribution in [-0.4, -0.2) is 26.2 Å². The third-order valence-corrected chi connectivity index (χ3v) is 3.47. The number of hydrogen-bond donors (Lipinski definition) is 1. The van der Waals surface area contributed by atoms with E-state index in [1.165, 1.54) is 32.1 Å². The van der Waals surface area contributed by atoms with Crippen molar-refractivity contribution in [2.45, 2.75) is 45.4 Å². The highest BCUT2D eigenvalue weighted by Gasteiger charge is 2.10. The largest absolute Gasteiger partial charge is 0.493 e. The summed E-state index contributed by atoms with van der Waals surface area (Å²) < 4.78 is 11.1. The van der Waals surface area contributed by atoms with Crippen molar-refractivity contribution in [2.24, 2.45) is 0 Å². The molecule has 0 aromatic heterocycles. The third-order valence-electron chi connectivity index (χ3n) is 3.47. The molecule has 0 unspecified atom stereocenters. The number of amides is 1. The Balaban J connectivity index is 2.44. The monoisotopic (exact) mass is 306 g/mol. The van der Waals surface area contributed by atoms with Gasteiger partial charge in [-0.1, -0.05) is 39.0 Å². The van der Waals surface area contributed by atoms with Gasteiger partial charge in [0.2, 0.25) is 0 Å². The second-order valence-electron chi connectivity index (χ2n) is 5.24. The number of rotatable bonds is 11. The zero-order chi connectivity index (χ0) is 16.2. The van der Waals surface area contributed by atoms with Crippen LogP contribution in [0, 0.1) is 6.92 Å². The Bertz CT molecular complexity index is 446. The van der Waals surface area contributed by atoms with Crippen LogP contribution in [0.15, 0.2) is 18.2 Å². The van der Waals surface area contributed by atoms with Gasteiger partial charge in [-0.15, -0.1) is 0 Å². The highest BCUT2D eigenvalue weighted by molar-refractivity contribution is 5.94. The summed E-state index contributed by atoms with van der Waals surface area (Å²) in [7, 11) is 1.58. The lowest BCUT2D eigenvalue weighted by molar-refractivity contribution is 0.0957. The van der Waals surface area contributed by atoms with Gasteiger partial charge < -0.3 is 14.8 Å². The Morgan fingerprint density at radius 2 is 1.86 bits per heavy atom. The van der Waals surface area contributed by atoms with Gasteiger partial charge in [-0.3, -0.25) is 4.79 Å². The number of benzene rings is 1. The minimum atomic E-state index is -0.157. The summed E-state index contributed by atoms with van der Waals surface area (Å²) in [5, 5.41) is 2.66. The number of ether oxygens (including phenoxy) is 2. The number of carbonyl (C=O) groups excluding carboxylic acids is 1. The second kappa shape index (κ2) is 10.9. The van der Waals surface area contributed by atoms with Crippen LogP contribution in [-0.2, 0) is 0 Å². The summed E-state index contributed by atoms with van der Waals surface area (Å²) >= 11 is 0. The predicted molar refractivity (Wildman–Crippen MR) is 89.6 cm³/mol. The molecule has 4 heteroatoms. The lowest BCUT2D eigenvalue weighted by Gasteiger charge is -2.12. The van der Waals surface area contributed by atoms with Gasteiger partial charge >= 0.3 is 0 Å². The van der Waals surface area contributed by atoms with E-state index in [1.54, 1.807) is 25.3 Å². The van der Waals surface area contributed by atoms with Crippen molar-refractivity contribution in [3.8, 4) is 11.5 Å². The predicted octanol–water partition coefficient (Wildman–Crippen LogP) is 4.00.